The van der Waals surface area contributed by atoms with Crippen LogP contribution in [-0.4, -0.2) is 36.1 Å². The molecule has 0 atom stereocenters. The highest BCUT2D eigenvalue weighted by atomic mass is 16.5. The highest BCUT2D eigenvalue weighted by Gasteiger charge is 2.18. The van der Waals surface area contributed by atoms with Crippen molar-refractivity contribution in [2.75, 3.05) is 31.2 Å². The molecule has 0 saturated carbocycles. The van der Waals surface area contributed by atoms with Crippen molar-refractivity contribution in [2.45, 2.75) is 13.8 Å². The highest BCUT2D eigenvalue weighted by Crippen LogP contribution is 2.22. The Kier molecular flexibility index (Phi) is 2.46. The van der Waals surface area contributed by atoms with Crippen LogP contribution in [0.15, 0.2) is 0 Å². The molecule has 4 heteroatoms. The van der Waals surface area contributed by atoms with E-state index in [0.717, 1.165) is 32.0 Å². The van der Waals surface area contributed by atoms with Crippen molar-refractivity contribution >= 4 is 5.82 Å². The molecule has 0 N–H and O–H groups in total. The lowest BCUT2D eigenvalue weighted by Crippen LogP contribution is -2.37. The molecule has 14 heavy (non-hydrogen) atoms. The normalized spacial score (nSPS) is 17.5. The number of aryl methyl sites for hydroxylation is 2. The van der Waals surface area contributed by atoms with Gasteiger partial charge in [0.1, 0.15) is 5.82 Å². The number of aromatic nitrogens is 2. The van der Waals surface area contributed by atoms with Crippen LogP contribution in [0.4, 0.5) is 5.82 Å². The van der Waals surface area contributed by atoms with Crippen molar-refractivity contribution in [3.63, 3.8) is 0 Å². The molecule has 78 valence electrons. The van der Waals surface area contributed by atoms with Gasteiger partial charge in [0.25, 0.3) is 0 Å². The molecule has 0 bridgehead atoms. The van der Waals surface area contributed by atoms with Crippen LogP contribution in [0.25, 0.3) is 0 Å². The minimum Gasteiger partial charge on any atom is -0.378 e. The van der Waals surface area contributed by atoms with Crippen LogP contribution in [0, 0.1) is 13.8 Å². The van der Waals surface area contributed by atoms with Crippen molar-refractivity contribution in [1.29, 1.82) is 0 Å². The Hall–Kier alpha value is -1.03. The van der Waals surface area contributed by atoms with E-state index in [1.807, 2.05) is 11.7 Å². The highest BCUT2D eigenvalue weighted by molar-refractivity contribution is 5.49. The molecule has 1 saturated heterocycles. The van der Waals surface area contributed by atoms with Gasteiger partial charge in [0.2, 0.25) is 0 Å². The van der Waals surface area contributed by atoms with Gasteiger partial charge in [0.05, 0.1) is 18.9 Å². The number of hydrogen-bond acceptors (Lipinski definition) is 3. The Balaban J connectivity index is 2.29. The molecule has 0 radical (unpaired) electrons. The van der Waals surface area contributed by atoms with E-state index in [4.69, 9.17) is 4.74 Å². The average molecular weight is 195 g/mol. The van der Waals surface area contributed by atoms with Gasteiger partial charge in [-0.3, -0.25) is 4.68 Å². The lowest BCUT2D eigenvalue weighted by Gasteiger charge is -2.29. The first kappa shape index (κ1) is 9.52. The summed E-state index contributed by atoms with van der Waals surface area (Å²) in [6.07, 6.45) is 0. The quantitative estimate of drug-likeness (QED) is 0.666. The molecule has 0 aliphatic carbocycles. The van der Waals surface area contributed by atoms with E-state index < -0.39 is 0 Å². The minimum atomic E-state index is 0.823. The Bertz CT molecular complexity index is 326. The second-order valence-corrected chi connectivity index (χ2v) is 3.76. The third-order valence-corrected chi connectivity index (χ3v) is 2.80. The summed E-state index contributed by atoms with van der Waals surface area (Å²) in [6.45, 7) is 7.78. The number of nitrogens with zero attached hydrogens (tertiary/aromatic N) is 3. The zero-order chi connectivity index (χ0) is 10.1. The summed E-state index contributed by atoms with van der Waals surface area (Å²) in [4.78, 5) is 2.35. The van der Waals surface area contributed by atoms with Gasteiger partial charge in [0.15, 0.2) is 0 Å². The molecule has 4 nitrogen and oxygen atoms in total. The second kappa shape index (κ2) is 3.61. The van der Waals surface area contributed by atoms with Crippen molar-refractivity contribution in [3.05, 3.63) is 11.3 Å². The van der Waals surface area contributed by atoms with Gasteiger partial charge < -0.3 is 9.64 Å². The predicted octanol–water partition coefficient (Wildman–Crippen LogP) is 0.874. The Morgan fingerprint density at radius 1 is 1.21 bits per heavy atom. The third kappa shape index (κ3) is 1.50. The smallest absolute Gasteiger partial charge is 0.129 e. The fraction of sp³-hybridized carbons (Fsp3) is 0.700. The lowest BCUT2D eigenvalue weighted by molar-refractivity contribution is 0.122. The molecule has 0 unspecified atom stereocenters. The van der Waals surface area contributed by atoms with E-state index in [-0.39, 0.29) is 0 Å². The largest absolute Gasteiger partial charge is 0.378 e. The molecular formula is C10H17N3O. The third-order valence-electron chi connectivity index (χ3n) is 2.80. The van der Waals surface area contributed by atoms with Crippen molar-refractivity contribution in [1.82, 2.24) is 9.78 Å². The van der Waals surface area contributed by atoms with Gasteiger partial charge in [-0.1, -0.05) is 0 Å². The van der Waals surface area contributed by atoms with Crippen molar-refractivity contribution in [3.8, 4) is 0 Å². The number of anilines is 1. The topological polar surface area (TPSA) is 30.3 Å². The number of morpholine rings is 1. The summed E-state index contributed by atoms with van der Waals surface area (Å²) in [5.41, 5.74) is 2.41. The second-order valence-electron chi connectivity index (χ2n) is 3.76. The molecule has 2 rings (SSSR count). The average Bonchev–Trinajstić information content (AvgIpc) is 2.43. The number of ether oxygens (including phenoxy) is 1. The van der Waals surface area contributed by atoms with Gasteiger partial charge in [0, 0.05) is 25.7 Å². The maximum Gasteiger partial charge on any atom is 0.129 e. The fourth-order valence-corrected chi connectivity index (χ4v) is 1.97. The van der Waals surface area contributed by atoms with E-state index in [2.05, 4.69) is 23.8 Å². The van der Waals surface area contributed by atoms with Gasteiger partial charge in [-0.05, 0) is 13.8 Å². The zero-order valence-corrected chi connectivity index (χ0v) is 9.08. The molecule has 0 aromatic carbocycles. The standard InChI is InChI=1S/C10H17N3O/c1-8-9(2)11-12(3)10(8)13-4-6-14-7-5-13/h4-7H2,1-3H3. The van der Waals surface area contributed by atoms with Gasteiger partial charge in [-0.15, -0.1) is 0 Å². The fourth-order valence-electron chi connectivity index (χ4n) is 1.97. The van der Waals surface area contributed by atoms with Gasteiger partial charge >= 0.3 is 0 Å². The van der Waals surface area contributed by atoms with E-state index in [1.54, 1.807) is 0 Å². The lowest BCUT2D eigenvalue weighted by atomic mass is 10.2. The van der Waals surface area contributed by atoms with Crippen LogP contribution in [-0.2, 0) is 11.8 Å². The summed E-state index contributed by atoms with van der Waals surface area (Å²) >= 11 is 0. The first-order chi connectivity index (χ1) is 6.70. The Morgan fingerprint density at radius 3 is 2.36 bits per heavy atom. The maximum absolute atomic E-state index is 5.34. The first-order valence-electron chi connectivity index (χ1n) is 5.03. The summed E-state index contributed by atoms with van der Waals surface area (Å²) in [5, 5.41) is 4.42. The van der Waals surface area contributed by atoms with Crippen LogP contribution in [0.1, 0.15) is 11.3 Å². The molecule has 0 amide bonds. The molecule has 1 aliphatic heterocycles. The maximum atomic E-state index is 5.34. The summed E-state index contributed by atoms with van der Waals surface area (Å²) in [6, 6.07) is 0. The molecule has 1 aliphatic rings. The Morgan fingerprint density at radius 2 is 1.86 bits per heavy atom. The van der Waals surface area contributed by atoms with Gasteiger partial charge in [-0.2, -0.15) is 5.10 Å². The molecular weight excluding hydrogens is 178 g/mol. The van der Waals surface area contributed by atoms with Crippen molar-refractivity contribution in [2.24, 2.45) is 7.05 Å². The van der Waals surface area contributed by atoms with Crippen LogP contribution in [0.2, 0.25) is 0 Å². The summed E-state index contributed by atoms with van der Waals surface area (Å²) in [7, 11) is 2.00. The molecule has 1 aromatic heterocycles. The van der Waals surface area contributed by atoms with E-state index in [1.165, 1.54) is 11.4 Å². The van der Waals surface area contributed by atoms with Crippen LogP contribution in [0.3, 0.4) is 0 Å². The van der Waals surface area contributed by atoms with Crippen LogP contribution in [0.5, 0.6) is 0 Å². The number of rotatable bonds is 1. The molecule has 1 aromatic rings. The summed E-state index contributed by atoms with van der Waals surface area (Å²) in [5.74, 6) is 1.24. The monoisotopic (exact) mass is 195 g/mol. The molecule has 2 heterocycles. The van der Waals surface area contributed by atoms with E-state index >= 15 is 0 Å². The van der Waals surface area contributed by atoms with Crippen LogP contribution < -0.4 is 4.90 Å². The first-order valence-corrected chi connectivity index (χ1v) is 5.03. The van der Waals surface area contributed by atoms with Crippen LogP contribution >= 0.6 is 0 Å². The minimum absolute atomic E-state index is 0.823. The summed E-state index contributed by atoms with van der Waals surface area (Å²) < 4.78 is 7.30. The zero-order valence-electron chi connectivity index (χ0n) is 9.08. The molecule has 0 spiro atoms. The SMILES string of the molecule is Cc1nn(C)c(N2CCOCC2)c1C. The Labute approximate surface area is 84.5 Å². The van der Waals surface area contributed by atoms with E-state index in [0.29, 0.717) is 0 Å². The van der Waals surface area contributed by atoms with Gasteiger partial charge in [-0.25, -0.2) is 0 Å². The van der Waals surface area contributed by atoms with Crippen molar-refractivity contribution < 1.29 is 4.74 Å². The van der Waals surface area contributed by atoms with E-state index in [9.17, 15) is 0 Å². The number of hydrogen-bond donors (Lipinski definition) is 0. The molecule has 1 fully saturated rings. The predicted molar refractivity (Wildman–Crippen MR) is 55.7 cm³/mol.